The van der Waals surface area contributed by atoms with Gasteiger partial charge in [-0.3, -0.25) is 0 Å². The van der Waals surface area contributed by atoms with Gasteiger partial charge in [-0.15, -0.1) is 0 Å². The Hall–Kier alpha value is -1.29. The molecule has 106 valence electrons. The maximum absolute atomic E-state index is 5.68. The first-order valence-corrected chi connectivity index (χ1v) is 7.99. The fraction of sp³-hybridized carbons (Fsp3) is 0.562. The summed E-state index contributed by atoms with van der Waals surface area (Å²) in [6.07, 6.45) is 5.49. The van der Waals surface area contributed by atoms with Crippen LogP contribution in [0.25, 0.3) is 0 Å². The number of rotatable bonds is 2. The fourth-order valence-corrected chi connectivity index (χ4v) is 4.37. The van der Waals surface area contributed by atoms with E-state index in [1.807, 2.05) is 12.1 Å². The predicted octanol–water partition coefficient (Wildman–Crippen LogP) is 2.77. The number of fused-ring (bicyclic) bond motifs is 3. The Balaban J connectivity index is 1.37. The van der Waals surface area contributed by atoms with Gasteiger partial charge in [0.2, 0.25) is 0 Å². The summed E-state index contributed by atoms with van der Waals surface area (Å²) in [5, 5.41) is 7.73. The van der Waals surface area contributed by atoms with E-state index in [1.54, 1.807) is 0 Å². The van der Waals surface area contributed by atoms with Gasteiger partial charge >= 0.3 is 0 Å². The number of ether oxygens (including phenoxy) is 1. The quantitative estimate of drug-likeness (QED) is 0.820. The highest BCUT2D eigenvalue weighted by atomic mass is 32.1. The Bertz CT molecular complexity index is 533. The molecule has 2 fully saturated rings. The van der Waals surface area contributed by atoms with Gasteiger partial charge < -0.3 is 15.4 Å². The maximum Gasteiger partial charge on any atom is 0.167 e. The van der Waals surface area contributed by atoms with E-state index in [1.165, 1.54) is 31.2 Å². The van der Waals surface area contributed by atoms with E-state index >= 15 is 0 Å². The highest BCUT2D eigenvalue weighted by molar-refractivity contribution is 7.80. The van der Waals surface area contributed by atoms with Gasteiger partial charge in [0.05, 0.1) is 6.04 Å². The molecule has 2 saturated carbocycles. The minimum absolute atomic E-state index is 0.185. The summed E-state index contributed by atoms with van der Waals surface area (Å²) in [6.45, 7) is 0.665. The zero-order valence-electron chi connectivity index (χ0n) is 11.5. The minimum Gasteiger partial charge on any atom is -0.491 e. The van der Waals surface area contributed by atoms with Crippen LogP contribution in [0.15, 0.2) is 24.3 Å². The van der Waals surface area contributed by atoms with Gasteiger partial charge in [-0.2, -0.15) is 0 Å². The number of para-hydroxylation sites is 1. The molecule has 1 aromatic rings. The van der Waals surface area contributed by atoms with Crippen LogP contribution in [0.2, 0.25) is 0 Å². The molecule has 2 N–H and O–H groups in total. The number of benzene rings is 1. The molecule has 4 unspecified atom stereocenters. The largest absolute Gasteiger partial charge is 0.491 e. The van der Waals surface area contributed by atoms with Gasteiger partial charge in [-0.05, 0) is 49.4 Å². The zero-order valence-corrected chi connectivity index (χ0v) is 12.3. The molecule has 20 heavy (non-hydrogen) atoms. The van der Waals surface area contributed by atoms with Gasteiger partial charge in [0.25, 0.3) is 0 Å². The van der Waals surface area contributed by atoms with Crippen molar-refractivity contribution in [2.45, 2.75) is 37.8 Å². The normalized spacial score (nSPS) is 33.6. The van der Waals surface area contributed by atoms with E-state index in [0.717, 1.165) is 22.7 Å². The molecule has 3 aliphatic rings. The molecular formula is C16H20N2OS. The van der Waals surface area contributed by atoms with Crippen molar-refractivity contribution in [3.05, 3.63) is 29.8 Å². The summed E-state index contributed by atoms with van der Waals surface area (Å²) in [4.78, 5) is 0. The first-order valence-electron chi connectivity index (χ1n) is 7.58. The first kappa shape index (κ1) is 12.5. The molecular weight excluding hydrogens is 268 g/mol. The molecule has 1 aromatic carbocycles. The SMILES string of the molecule is S=C(NC1COc2ccccc21)NC1CC2CCC1C2. The van der Waals surface area contributed by atoms with Crippen LogP contribution in [-0.4, -0.2) is 17.8 Å². The van der Waals surface area contributed by atoms with E-state index in [4.69, 9.17) is 17.0 Å². The molecule has 2 bridgehead atoms. The third-order valence-electron chi connectivity index (χ3n) is 5.06. The zero-order chi connectivity index (χ0) is 13.5. The van der Waals surface area contributed by atoms with Crippen LogP contribution in [0.4, 0.5) is 0 Å². The molecule has 1 aliphatic heterocycles. The van der Waals surface area contributed by atoms with Crippen molar-refractivity contribution >= 4 is 17.3 Å². The van der Waals surface area contributed by atoms with Crippen LogP contribution >= 0.6 is 12.2 Å². The average Bonchev–Trinajstić information content (AvgIpc) is 3.14. The number of nitrogens with one attached hydrogen (secondary N) is 2. The lowest BCUT2D eigenvalue weighted by atomic mass is 9.95. The summed E-state index contributed by atoms with van der Waals surface area (Å²) in [7, 11) is 0. The first-order chi connectivity index (χ1) is 9.79. The lowest BCUT2D eigenvalue weighted by molar-refractivity contribution is 0.322. The Morgan fingerprint density at radius 2 is 2.05 bits per heavy atom. The standard InChI is InChI=1S/C16H20N2OS/c20-16(17-13-8-10-5-6-11(13)7-10)18-14-9-19-15-4-2-1-3-12(14)15/h1-4,10-11,13-14H,5-9H2,(H2,17,18,20). The molecule has 0 spiro atoms. The van der Waals surface area contributed by atoms with Gasteiger partial charge in [-0.1, -0.05) is 24.6 Å². The van der Waals surface area contributed by atoms with Crippen molar-refractivity contribution < 1.29 is 4.74 Å². The lowest BCUT2D eigenvalue weighted by Gasteiger charge is -2.25. The summed E-state index contributed by atoms with van der Waals surface area (Å²) >= 11 is 5.49. The summed E-state index contributed by atoms with van der Waals surface area (Å²) in [6, 6.07) is 8.96. The molecule has 0 amide bonds. The Morgan fingerprint density at radius 1 is 1.15 bits per heavy atom. The van der Waals surface area contributed by atoms with Crippen molar-refractivity contribution in [1.82, 2.24) is 10.6 Å². The molecule has 0 aromatic heterocycles. The number of hydrogen-bond donors (Lipinski definition) is 2. The van der Waals surface area contributed by atoms with Crippen LogP contribution in [-0.2, 0) is 0 Å². The summed E-state index contributed by atoms with van der Waals surface area (Å²) < 4.78 is 5.68. The number of hydrogen-bond acceptors (Lipinski definition) is 2. The minimum atomic E-state index is 0.185. The number of thiocarbonyl (C=S) groups is 1. The van der Waals surface area contributed by atoms with Crippen molar-refractivity contribution in [1.29, 1.82) is 0 Å². The van der Waals surface area contributed by atoms with Gasteiger partial charge in [0.1, 0.15) is 12.4 Å². The van der Waals surface area contributed by atoms with E-state index < -0.39 is 0 Å². The Kier molecular flexibility index (Phi) is 3.06. The second-order valence-electron chi connectivity index (χ2n) is 6.30. The Labute approximate surface area is 125 Å². The highest BCUT2D eigenvalue weighted by Crippen LogP contribution is 2.44. The molecule has 0 radical (unpaired) electrons. The second-order valence-corrected chi connectivity index (χ2v) is 6.71. The molecule has 4 heteroatoms. The molecule has 4 rings (SSSR count). The maximum atomic E-state index is 5.68. The van der Waals surface area contributed by atoms with Crippen LogP contribution < -0.4 is 15.4 Å². The van der Waals surface area contributed by atoms with Crippen molar-refractivity contribution in [3.8, 4) is 5.75 Å². The third kappa shape index (κ3) is 2.16. The second kappa shape index (κ2) is 4.92. The van der Waals surface area contributed by atoms with E-state index in [-0.39, 0.29) is 6.04 Å². The summed E-state index contributed by atoms with van der Waals surface area (Å²) in [5.41, 5.74) is 1.21. The van der Waals surface area contributed by atoms with E-state index in [2.05, 4.69) is 22.8 Å². The highest BCUT2D eigenvalue weighted by Gasteiger charge is 2.39. The van der Waals surface area contributed by atoms with Gasteiger partial charge in [-0.25, -0.2) is 0 Å². The van der Waals surface area contributed by atoms with Crippen LogP contribution in [0, 0.1) is 11.8 Å². The monoisotopic (exact) mass is 288 g/mol. The lowest BCUT2D eigenvalue weighted by Crippen LogP contribution is -2.45. The van der Waals surface area contributed by atoms with Crippen LogP contribution in [0.3, 0.4) is 0 Å². The van der Waals surface area contributed by atoms with Crippen LogP contribution in [0.1, 0.15) is 37.3 Å². The van der Waals surface area contributed by atoms with Crippen molar-refractivity contribution in [2.24, 2.45) is 11.8 Å². The van der Waals surface area contributed by atoms with Crippen molar-refractivity contribution in [2.75, 3.05) is 6.61 Å². The third-order valence-corrected chi connectivity index (χ3v) is 5.30. The molecule has 4 atom stereocenters. The van der Waals surface area contributed by atoms with Crippen molar-refractivity contribution in [3.63, 3.8) is 0 Å². The topological polar surface area (TPSA) is 33.3 Å². The van der Waals surface area contributed by atoms with E-state index in [0.29, 0.717) is 12.6 Å². The summed E-state index contributed by atoms with van der Waals surface area (Å²) in [5.74, 6) is 2.76. The molecule has 1 heterocycles. The van der Waals surface area contributed by atoms with Gasteiger partial charge in [0, 0.05) is 11.6 Å². The smallest absolute Gasteiger partial charge is 0.167 e. The predicted molar refractivity (Wildman–Crippen MR) is 82.8 cm³/mol. The fourth-order valence-electron chi connectivity index (χ4n) is 4.07. The Morgan fingerprint density at radius 3 is 2.85 bits per heavy atom. The molecule has 2 aliphatic carbocycles. The van der Waals surface area contributed by atoms with Crippen LogP contribution in [0.5, 0.6) is 5.75 Å². The van der Waals surface area contributed by atoms with E-state index in [9.17, 15) is 0 Å². The molecule has 0 saturated heterocycles. The van der Waals surface area contributed by atoms with Gasteiger partial charge in [0.15, 0.2) is 5.11 Å². The average molecular weight is 288 g/mol. The molecule has 3 nitrogen and oxygen atoms in total.